The molecule has 2 rings (SSSR count). The lowest BCUT2D eigenvalue weighted by Gasteiger charge is -2.12. The Balaban J connectivity index is 1.80. The summed E-state index contributed by atoms with van der Waals surface area (Å²) in [6, 6.07) is 8.81. The van der Waals surface area contributed by atoms with Crippen LogP contribution in [0.1, 0.15) is 30.9 Å². The lowest BCUT2D eigenvalue weighted by molar-refractivity contribution is -0.120. The van der Waals surface area contributed by atoms with Gasteiger partial charge in [0.15, 0.2) is 0 Å². The SMILES string of the molecule is Cc1ccccc1CS[C@@H](C)C(=O)NC1CC1. The fourth-order valence-electron chi connectivity index (χ4n) is 1.61. The van der Waals surface area contributed by atoms with Gasteiger partial charge in [-0.15, -0.1) is 11.8 Å². The third-order valence-corrected chi connectivity index (χ3v) is 4.23. The molecule has 1 atom stereocenters. The second-order valence-electron chi connectivity index (χ2n) is 4.66. The van der Waals surface area contributed by atoms with Crippen LogP contribution in [-0.4, -0.2) is 17.2 Å². The van der Waals surface area contributed by atoms with Crippen LogP contribution in [0.15, 0.2) is 24.3 Å². The molecular weight excluding hydrogens is 230 g/mol. The summed E-state index contributed by atoms with van der Waals surface area (Å²) < 4.78 is 0. The highest BCUT2D eigenvalue weighted by molar-refractivity contribution is 7.99. The maximum absolute atomic E-state index is 11.8. The van der Waals surface area contributed by atoms with E-state index in [0.29, 0.717) is 6.04 Å². The first kappa shape index (κ1) is 12.5. The van der Waals surface area contributed by atoms with Gasteiger partial charge in [0.1, 0.15) is 0 Å². The van der Waals surface area contributed by atoms with Crippen molar-refractivity contribution in [2.24, 2.45) is 0 Å². The molecule has 17 heavy (non-hydrogen) atoms. The zero-order chi connectivity index (χ0) is 12.3. The van der Waals surface area contributed by atoms with Gasteiger partial charge in [0.2, 0.25) is 5.91 Å². The number of aryl methyl sites for hydroxylation is 1. The number of carbonyl (C=O) groups is 1. The van der Waals surface area contributed by atoms with E-state index in [2.05, 4.69) is 30.4 Å². The van der Waals surface area contributed by atoms with Crippen molar-refractivity contribution in [3.8, 4) is 0 Å². The summed E-state index contributed by atoms with van der Waals surface area (Å²) in [4.78, 5) is 11.8. The van der Waals surface area contributed by atoms with Gasteiger partial charge in [-0.3, -0.25) is 4.79 Å². The largest absolute Gasteiger partial charge is 0.352 e. The summed E-state index contributed by atoms with van der Waals surface area (Å²) >= 11 is 1.71. The zero-order valence-corrected chi connectivity index (χ0v) is 11.2. The first-order valence-corrected chi connectivity index (χ1v) is 7.18. The minimum atomic E-state index is 0.0372. The highest BCUT2D eigenvalue weighted by Gasteiger charge is 2.25. The van der Waals surface area contributed by atoms with Crippen LogP contribution in [0.5, 0.6) is 0 Å². The summed E-state index contributed by atoms with van der Waals surface area (Å²) in [5, 5.41) is 3.08. The molecule has 0 aliphatic heterocycles. The monoisotopic (exact) mass is 249 g/mol. The number of rotatable bonds is 5. The molecule has 1 N–H and O–H groups in total. The molecule has 1 fully saturated rings. The van der Waals surface area contributed by atoms with E-state index >= 15 is 0 Å². The second kappa shape index (κ2) is 5.58. The summed E-state index contributed by atoms with van der Waals surface area (Å²) in [6.07, 6.45) is 2.31. The van der Waals surface area contributed by atoms with Crippen molar-refractivity contribution in [3.63, 3.8) is 0 Å². The maximum Gasteiger partial charge on any atom is 0.233 e. The summed E-state index contributed by atoms with van der Waals surface area (Å²) in [6.45, 7) is 4.10. The molecule has 1 aromatic rings. The number of nitrogens with one attached hydrogen (secondary N) is 1. The van der Waals surface area contributed by atoms with E-state index in [1.54, 1.807) is 11.8 Å². The smallest absolute Gasteiger partial charge is 0.233 e. The van der Waals surface area contributed by atoms with Crippen LogP contribution in [0.25, 0.3) is 0 Å². The molecule has 1 aliphatic carbocycles. The van der Waals surface area contributed by atoms with E-state index in [9.17, 15) is 4.79 Å². The van der Waals surface area contributed by atoms with Gasteiger partial charge < -0.3 is 5.32 Å². The molecule has 1 aliphatic rings. The number of amides is 1. The standard InChI is InChI=1S/C14H19NOS/c1-10-5-3-4-6-12(10)9-17-11(2)14(16)15-13-7-8-13/h3-6,11,13H,7-9H2,1-2H3,(H,15,16)/t11-/m0/s1. The third kappa shape index (κ3) is 3.77. The predicted octanol–water partition coefficient (Wildman–Crippen LogP) is 2.90. The Labute approximate surface area is 107 Å². The topological polar surface area (TPSA) is 29.1 Å². The normalized spacial score (nSPS) is 16.6. The van der Waals surface area contributed by atoms with E-state index in [1.165, 1.54) is 11.1 Å². The number of hydrogen-bond acceptors (Lipinski definition) is 2. The maximum atomic E-state index is 11.8. The van der Waals surface area contributed by atoms with Crippen LogP contribution in [0.2, 0.25) is 0 Å². The Kier molecular flexibility index (Phi) is 4.11. The molecule has 1 saturated carbocycles. The summed E-state index contributed by atoms with van der Waals surface area (Å²) in [5.41, 5.74) is 2.62. The molecule has 0 aromatic heterocycles. The molecule has 1 aromatic carbocycles. The molecule has 92 valence electrons. The highest BCUT2D eigenvalue weighted by atomic mass is 32.2. The van der Waals surface area contributed by atoms with Gasteiger partial charge in [0, 0.05) is 11.8 Å². The fraction of sp³-hybridized carbons (Fsp3) is 0.500. The van der Waals surface area contributed by atoms with Gasteiger partial charge in [-0.25, -0.2) is 0 Å². The van der Waals surface area contributed by atoms with Crippen molar-refractivity contribution in [2.75, 3.05) is 0 Å². The van der Waals surface area contributed by atoms with E-state index in [4.69, 9.17) is 0 Å². The van der Waals surface area contributed by atoms with Crippen LogP contribution in [0.4, 0.5) is 0 Å². The third-order valence-electron chi connectivity index (χ3n) is 3.04. The van der Waals surface area contributed by atoms with Crippen LogP contribution in [0, 0.1) is 6.92 Å². The van der Waals surface area contributed by atoms with E-state index < -0.39 is 0 Å². The van der Waals surface area contributed by atoms with Gasteiger partial charge in [0.25, 0.3) is 0 Å². The quantitative estimate of drug-likeness (QED) is 0.869. The van der Waals surface area contributed by atoms with Crippen LogP contribution >= 0.6 is 11.8 Å². The van der Waals surface area contributed by atoms with E-state index in [0.717, 1.165) is 18.6 Å². The van der Waals surface area contributed by atoms with Crippen molar-refractivity contribution in [3.05, 3.63) is 35.4 Å². The van der Waals surface area contributed by atoms with Crippen LogP contribution < -0.4 is 5.32 Å². The number of benzene rings is 1. The van der Waals surface area contributed by atoms with Crippen molar-refractivity contribution < 1.29 is 4.79 Å². The molecule has 1 amide bonds. The van der Waals surface area contributed by atoms with Crippen molar-refractivity contribution >= 4 is 17.7 Å². The Morgan fingerprint density at radius 3 is 2.82 bits per heavy atom. The van der Waals surface area contributed by atoms with Crippen LogP contribution in [-0.2, 0) is 10.5 Å². The number of carbonyl (C=O) groups excluding carboxylic acids is 1. The second-order valence-corrected chi connectivity index (χ2v) is 5.99. The van der Waals surface area contributed by atoms with Gasteiger partial charge >= 0.3 is 0 Å². The first-order valence-electron chi connectivity index (χ1n) is 6.13. The molecule has 0 unspecified atom stereocenters. The molecule has 2 nitrogen and oxygen atoms in total. The lowest BCUT2D eigenvalue weighted by atomic mass is 10.1. The molecule has 0 spiro atoms. The molecule has 0 radical (unpaired) electrons. The van der Waals surface area contributed by atoms with Crippen molar-refractivity contribution in [2.45, 2.75) is 43.7 Å². The molecule has 0 bridgehead atoms. The lowest BCUT2D eigenvalue weighted by Crippen LogP contribution is -2.32. The molecule has 0 heterocycles. The van der Waals surface area contributed by atoms with Crippen LogP contribution in [0.3, 0.4) is 0 Å². The Bertz CT molecular complexity index is 401. The Hall–Kier alpha value is -0.960. The van der Waals surface area contributed by atoms with E-state index in [-0.39, 0.29) is 11.2 Å². The first-order chi connectivity index (χ1) is 8.16. The summed E-state index contributed by atoms with van der Waals surface area (Å²) in [7, 11) is 0. The fourth-order valence-corrected chi connectivity index (χ4v) is 2.58. The minimum Gasteiger partial charge on any atom is -0.352 e. The predicted molar refractivity (Wildman–Crippen MR) is 73.1 cm³/mol. The zero-order valence-electron chi connectivity index (χ0n) is 10.4. The highest BCUT2D eigenvalue weighted by Crippen LogP contribution is 2.23. The van der Waals surface area contributed by atoms with Gasteiger partial charge in [-0.05, 0) is 37.8 Å². The van der Waals surface area contributed by atoms with E-state index in [1.807, 2.05) is 13.0 Å². The average molecular weight is 249 g/mol. The molecule has 3 heteroatoms. The van der Waals surface area contributed by atoms with Gasteiger partial charge in [-0.1, -0.05) is 24.3 Å². The average Bonchev–Trinajstić information content (AvgIpc) is 3.11. The Morgan fingerprint density at radius 2 is 2.18 bits per heavy atom. The molecule has 0 saturated heterocycles. The van der Waals surface area contributed by atoms with Crippen molar-refractivity contribution in [1.29, 1.82) is 0 Å². The minimum absolute atomic E-state index is 0.0372. The van der Waals surface area contributed by atoms with Gasteiger partial charge in [0.05, 0.1) is 5.25 Å². The number of thioether (sulfide) groups is 1. The van der Waals surface area contributed by atoms with Crippen molar-refractivity contribution in [1.82, 2.24) is 5.32 Å². The summed E-state index contributed by atoms with van der Waals surface area (Å²) in [5.74, 6) is 1.09. The number of hydrogen-bond donors (Lipinski definition) is 1. The van der Waals surface area contributed by atoms with Gasteiger partial charge in [-0.2, -0.15) is 0 Å². The molecular formula is C14H19NOS. The Morgan fingerprint density at radius 1 is 1.47 bits per heavy atom.